The Labute approximate surface area is 155 Å². The quantitative estimate of drug-likeness (QED) is 0.668. The molecular formula is C19H18N4O2S. The maximum Gasteiger partial charge on any atom is 0.247 e. The van der Waals surface area contributed by atoms with E-state index < -0.39 is 6.23 Å². The molecule has 0 aliphatic carbocycles. The van der Waals surface area contributed by atoms with Gasteiger partial charge in [-0.05, 0) is 36.8 Å². The Hall–Kier alpha value is -2.80. The number of thioether (sulfide) groups is 1. The lowest BCUT2D eigenvalue weighted by molar-refractivity contribution is 0.266. The number of para-hydroxylation sites is 1. The van der Waals surface area contributed by atoms with E-state index in [0.717, 1.165) is 29.2 Å². The van der Waals surface area contributed by atoms with Gasteiger partial charge in [-0.3, -0.25) is 0 Å². The van der Waals surface area contributed by atoms with Crippen LogP contribution in [0.1, 0.15) is 19.1 Å². The molecule has 4 rings (SSSR count). The highest BCUT2D eigenvalue weighted by molar-refractivity contribution is 7.99. The van der Waals surface area contributed by atoms with Crippen molar-refractivity contribution in [1.29, 1.82) is 0 Å². The topological polar surface area (TPSA) is 73.1 Å². The lowest BCUT2D eigenvalue weighted by Crippen LogP contribution is -2.23. The summed E-state index contributed by atoms with van der Waals surface area (Å²) in [6.45, 7) is 2.12. The van der Waals surface area contributed by atoms with Crippen LogP contribution in [0.2, 0.25) is 0 Å². The number of hydrogen-bond acceptors (Lipinski definition) is 7. The first-order valence-electron chi connectivity index (χ1n) is 8.45. The van der Waals surface area contributed by atoms with E-state index in [1.807, 2.05) is 48.6 Å². The van der Waals surface area contributed by atoms with Crippen molar-refractivity contribution in [2.24, 2.45) is 0 Å². The summed E-state index contributed by atoms with van der Waals surface area (Å²) < 4.78 is 11.4. The molecule has 3 heterocycles. The number of anilines is 1. The fraction of sp³-hybridized carbons (Fsp3) is 0.211. The van der Waals surface area contributed by atoms with Crippen LogP contribution in [0.3, 0.4) is 0 Å². The minimum atomic E-state index is -0.400. The molecule has 1 N–H and O–H groups in total. The van der Waals surface area contributed by atoms with Crippen LogP contribution in [-0.2, 0) is 0 Å². The number of aromatic nitrogens is 3. The summed E-state index contributed by atoms with van der Waals surface area (Å²) in [7, 11) is 0. The van der Waals surface area contributed by atoms with Gasteiger partial charge in [-0.2, -0.15) is 4.98 Å². The van der Waals surface area contributed by atoms with Gasteiger partial charge in [0.15, 0.2) is 11.9 Å². The van der Waals surface area contributed by atoms with Gasteiger partial charge in [-0.25, -0.2) is 0 Å². The van der Waals surface area contributed by atoms with E-state index in [1.54, 1.807) is 18.0 Å². The number of benzene rings is 1. The Morgan fingerprint density at radius 3 is 2.96 bits per heavy atom. The first-order chi connectivity index (χ1) is 12.8. The molecule has 132 valence electrons. The number of ether oxygens (including phenoxy) is 1. The van der Waals surface area contributed by atoms with Gasteiger partial charge in [0.2, 0.25) is 11.0 Å². The predicted octanol–water partition coefficient (Wildman–Crippen LogP) is 4.48. The lowest BCUT2D eigenvalue weighted by Gasteiger charge is -2.15. The molecule has 0 fully saturated rings. The molecule has 1 aliphatic rings. The molecule has 0 saturated carbocycles. The van der Waals surface area contributed by atoms with Crippen molar-refractivity contribution in [3.8, 4) is 17.1 Å². The molecule has 26 heavy (non-hydrogen) atoms. The Morgan fingerprint density at radius 2 is 2.12 bits per heavy atom. The standard InChI is InChI=1S/C19H18N4O2S/c1-2-12-26-19-21-18-17(22-23-19)14-7-3-4-8-15(14)20-16(25-18)10-9-13-6-5-11-24-13/h3-11,16,20H,2,12H2,1H3/t16-/m1/s1. The SMILES string of the molecule is CCCSc1nnc2c(n1)O[C@H](C=Cc1ccco1)Nc1ccccc1-2. The summed E-state index contributed by atoms with van der Waals surface area (Å²) in [5, 5.41) is 12.6. The van der Waals surface area contributed by atoms with E-state index in [9.17, 15) is 0 Å². The van der Waals surface area contributed by atoms with E-state index in [4.69, 9.17) is 9.15 Å². The van der Waals surface area contributed by atoms with Gasteiger partial charge in [0, 0.05) is 17.0 Å². The molecule has 1 atom stereocenters. The third-order valence-electron chi connectivity index (χ3n) is 3.77. The maximum atomic E-state index is 6.09. The summed E-state index contributed by atoms with van der Waals surface area (Å²) in [5.41, 5.74) is 2.48. The Kier molecular flexibility index (Phi) is 4.88. The number of hydrogen-bond donors (Lipinski definition) is 1. The smallest absolute Gasteiger partial charge is 0.247 e. The number of fused-ring (bicyclic) bond motifs is 3. The molecule has 1 aromatic carbocycles. The zero-order chi connectivity index (χ0) is 17.8. The number of nitrogens with zero attached hydrogens (tertiary/aromatic N) is 3. The summed E-state index contributed by atoms with van der Waals surface area (Å²) >= 11 is 1.58. The first-order valence-corrected chi connectivity index (χ1v) is 9.44. The second-order valence-electron chi connectivity index (χ2n) is 5.70. The number of nitrogens with one attached hydrogen (secondary N) is 1. The van der Waals surface area contributed by atoms with Crippen molar-refractivity contribution in [3.05, 3.63) is 54.5 Å². The van der Waals surface area contributed by atoms with Gasteiger partial charge in [-0.15, -0.1) is 10.2 Å². The zero-order valence-corrected chi connectivity index (χ0v) is 15.1. The van der Waals surface area contributed by atoms with Gasteiger partial charge in [0.05, 0.1) is 6.26 Å². The highest BCUT2D eigenvalue weighted by atomic mass is 32.2. The Bertz CT molecular complexity index is 912. The first kappa shape index (κ1) is 16.7. The summed E-state index contributed by atoms with van der Waals surface area (Å²) in [5.74, 6) is 2.18. The van der Waals surface area contributed by atoms with Crippen LogP contribution in [0, 0.1) is 0 Å². The minimum Gasteiger partial charge on any atom is -0.465 e. The second-order valence-corrected chi connectivity index (χ2v) is 6.76. The van der Waals surface area contributed by atoms with Crippen LogP contribution >= 0.6 is 11.8 Å². The number of rotatable bonds is 5. The van der Waals surface area contributed by atoms with Crippen molar-refractivity contribution in [1.82, 2.24) is 15.2 Å². The zero-order valence-electron chi connectivity index (χ0n) is 14.3. The highest BCUT2D eigenvalue weighted by Crippen LogP contribution is 2.36. The maximum absolute atomic E-state index is 6.09. The monoisotopic (exact) mass is 366 g/mol. The molecule has 0 spiro atoms. The van der Waals surface area contributed by atoms with E-state index in [2.05, 4.69) is 27.4 Å². The Morgan fingerprint density at radius 1 is 1.19 bits per heavy atom. The second kappa shape index (κ2) is 7.61. The molecule has 2 aromatic heterocycles. The largest absolute Gasteiger partial charge is 0.465 e. The van der Waals surface area contributed by atoms with Crippen molar-refractivity contribution in [2.75, 3.05) is 11.1 Å². The normalized spacial score (nSPS) is 15.7. The van der Waals surface area contributed by atoms with E-state index >= 15 is 0 Å². The van der Waals surface area contributed by atoms with E-state index in [1.165, 1.54) is 0 Å². The van der Waals surface area contributed by atoms with Crippen LogP contribution in [0.25, 0.3) is 17.3 Å². The average Bonchev–Trinajstić information content (AvgIpc) is 3.13. The minimum absolute atomic E-state index is 0.400. The molecular weight excluding hydrogens is 348 g/mol. The molecule has 6 nitrogen and oxygen atoms in total. The van der Waals surface area contributed by atoms with Crippen LogP contribution < -0.4 is 10.1 Å². The van der Waals surface area contributed by atoms with Gasteiger partial charge in [0.25, 0.3) is 0 Å². The Balaban J connectivity index is 1.70. The van der Waals surface area contributed by atoms with Crippen LogP contribution in [0.15, 0.2) is 58.3 Å². The van der Waals surface area contributed by atoms with Gasteiger partial charge < -0.3 is 14.5 Å². The highest BCUT2D eigenvalue weighted by Gasteiger charge is 2.23. The molecule has 1 aliphatic heterocycles. The summed E-state index contributed by atoms with van der Waals surface area (Å²) in [4.78, 5) is 4.57. The number of furan rings is 1. The third kappa shape index (κ3) is 3.57. The van der Waals surface area contributed by atoms with Crippen molar-refractivity contribution < 1.29 is 9.15 Å². The van der Waals surface area contributed by atoms with Gasteiger partial charge in [-0.1, -0.05) is 36.9 Å². The van der Waals surface area contributed by atoms with Crippen molar-refractivity contribution >= 4 is 23.5 Å². The molecule has 0 unspecified atom stereocenters. The summed E-state index contributed by atoms with van der Waals surface area (Å²) in [6, 6.07) is 11.6. The average molecular weight is 366 g/mol. The van der Waals surface area contributed by atoms with Gasteiger partial charge in [0.1, 0.15) is 5.76 Å². The van der Waals surface area contributed by atoms with E-state index in [0.29, 0.717) is 16.7 Å². The lowest BCUT2D eigenvalue weighted by atomic mass is 10.1. The molecule has 0 amide bonds. The predicted molar refractivity (Wildman–Crippen MR) is 102 cm³/mol. The summed E-state index contributed by atoms with van der Waals surface area (Å²) in [6.07, 6.45) is 6.05. The molecule has 7 heteroatoms. The van der Waals surface area contributed by atoms with Crippen LogP contribution in [-0.4, -0.2) is 27.2 Å². The molecule has 0 radical (unpaired) electrons. The molecule has 0 saturated heterocycles. The van der Waals surface area contributed by atoms with Crippen molar-refractivity contribution in [2.45, 2.75) is 24.7 Å². The van der Waals surface area contributed by atoms with Crippen LogP contribution in [0.5, 0.6) is 5.88 Å². The fourth-order valence-corrected chi connectivity index (χ4v) is 3.21. The van der Waals surface area contributed by atoms with Gasteiger partial charge >= 0.3 is 0 Å². The van der Waals surface area contributed by atoms with E-state index in [-0.39, 0.29) is 0 Å². The van der Waals surface area contributed by atoms with Crippen molar-refractivity contribution in [3.63, 3.8) is 0 Å². The molecule has 3 aromatic rings. The third-order valence-corrected chi connectivity index (χ3v) is 4.81. The fourth-order valence-electron chi connectivity index (χ4n) is 2.58. The van der Waals surface area contributed by atoms with Crippen LogP contribution in [0.4, 0.5) is 5.69 Å². The molecule has 0 bridgehead atoms.